The molecule has 0 bridgehead atoms. The molecular weight excluding hydrogens is 428 g/mol. The van der Waals surface area contributed by atoms with Crippen LogP contribution in [0.4, 0.5) is 11.4 Å². The zero-order valence-electron chi connectivity index (χ0n) is 10.3. The largest absolute Gasteiger partial charge is 0.284 e. The Morgan fingerprint density at radius 1 is 1.05 bits per heavy atom. The van der Waals surface area contributed by atoms with Crippen molar-refractivity contribution < 1.29 is 13.3 Å². The number of nitrogens with one attached hydrogen (secondary N) is 1. The van der Waals surface area contributed by atoms with Crippen molar-refractivity contribution in [3.8, 4) is 0 Å². The van der Waals surface area contributed by atoms with Gasteiger partial charge in [0.05, 0.1) is 20.0 Å². The van der Waals surface area contributed by atoms with E-state index in [9.17, 15) is 18.5 Å². The highest BCUT2D eigenvalue weighted by Gasteiger charge is 2.19. The predicted octanol–water partition coefficient (Wildman–Crippen LogP) is 3.92. The fourth-order valence-electron chi connectivity index (χ4n) is 1.56. The van der Waals surface area contributed by atoms with E-state index in [1.807, 2.05) is 0 Å². The molecule has 2 aromatic carbocycles. The van der Waals surface area contributed by atoms with Crippen LogP contribution in [0.5, 0.6) is 0 Å². The Kier molecular flexibility index (Phi) is 4.64. The third kappa shape index (κ3) is 3.60. The summed E-state index contributed by atoms with van der Waals surface area (Å²) < 4.78 is 27.2. The molecule has 0 aliphatic carbocycles. The van der Waals surface area contributed by atoms with E-state index in [0.717, 1.165) is 0 Å². The smallest absolute Gasteiger partial charge is 0.278 e. The number of halogens is 2. The molecule has 0 heterocycles. The Morgan fingerprint density at radius 3 is 2.24 bits per heavy atom. The van der Waals surface area contributed by atoms with E-state index in [2.05, 4.69) is 36.6 Å². The number of nitro benzene ring substituents is 1. The normalized spacial score (nSPS) is 11.1. The van der Waals surface area contributed by atoms with Crippen LogP contribution in [0.3, 0.4) is 0 Å². The van der Waals surface area contributed by atoms with Gasteiger partial charge in [-0.2, -0.15) is 0 Å². The highest BCUT2D eigenvalue weighted by molar-refractivity contribution is 9.11. The second kappa shape index (κ2) is 6.12. The van der Waals surface area contributed by atoms with Gasteiger partial charge in [0.25, 0.3) is 15.7 Å². The number of hydrogen-bond acceptors (Lipinski definition) is 4. The molecule has 0 aromatic heterocycles. The molecule has 0 saturated heterocycles. The summed E-state index contributed by atoms with van der Waals surface area (Å²) in [4.78, 5) is 10.3. The van der Waals surface area contributed by atoms with Crippen molar-refractivity contribution in [3.05, 3.63) is 61.5 Å². The fraction of sp³-hybridized carbons (Fsp3) is 0. The van der Waals surface area contributed by atoms with Gasteiger partial charge in [-0.15, -0.1) is 0 Å². The summed E-state index contributed by atoms with van der Waals surface area (Å²) in [5, 5.41) is 10.8. The molecule has 6 nitrogen and oxygen atoms in total. The maximum absolute atomic E-state index is 12.2. The van der Waals surface area contributed by atoms with Gasteiger partial charge in [0, 0.05) is 10.5 Å². The first-order valence-corrected chi connectivity index (χ1v) is 8.59. The van der Waals surface area contributed by atoms with Crippen molar-refractivity contribution in [2.75, 3.05) is 4.72 Å². The van der Waals surface area contributed by atoms with Gasteiger partial charge < -0.3 is 0 Å². The van der Waals surface area contributed by atoms with Crippen LogP contribution >= 0.6 is 31.9 Å². The lowest BCUT2D eigenvalue weighted by atomic mass is 10.3. The zero-order chi connectivity index (χ0) is 15.6. The third-order valence-electron chi connectivity index (χ3n) is 2.53. The van der Waals surface area contributed by atoms with E-state index in [1.165, 1.54) is 24.3 Å². The molecule has 9 heteroatoms. The van der Waals surface area contributed by atoms with Gasteiger partial charge in [0.1, 0.15) is 0 Å². The van der Waals surface area contributed by atoms with Crippen LogP contribution in [-0.2, 0) is 10.0 Å². The van der Waals surface area contributed by atoms with Gasteiger partial charge in [-0.25, -0.2) is 8.42 Å². The predicted molar refractivity (Wildman–Crippen MR) is 85.7 cm³/mol. The molecule has 0 atom stereocenters. The van der Waals surface area contributed by atoms with E-state index in [0.29, 0.717) is 0 Å². The number of sulfonamides is 1. The number of nitrogens with zero attached hydrogens (tertiary/aromatic N) is 1. The van der Waals surface area contributed by atoms with Crippen molar-refractivity contribution in [1.82, 2.24) is 0 Å². The standard InChI is InChI=1S/C12H8Br2N2O4S/c13-9-7-12(16(17)18)10(14)6-11(9)15-21(19,20)8-4-2-1-3-5-8/h1-7,15H. The molecule has 0 unspecified atom stereocenters. The molecule has 0 aliphatic heterocycles. The fourth-order valence-corrected chi connectivity index (χ4v) is 3.70. The molecule has 0 aliphatic rings. The Morgan fingerprint density at radius 2 is 1.67 bits per heavy atom. The van der Waals surface area contributed by atoms with E-state index >= 15 is 0 Å². The van der Waals surface area contributed by atoms with Crippen LogP contribution in [0.25, 0.3) is 0 Å². The first-order valence-electron chi connectivity index (χ1n) is 5.52. The molecule has 2 rings (SSSR count). The minimum Gasteiger partial charge on any atom is -0.278 e. The van der Waals surface area contributed by atoms with Crippen molar-refractivity contribution in [2.45, 2.75) is 4.90 Å². The van der Waals surface area contributed by atoms with Crippen LogP contribution in [-0.4, -0.2) is 13.3 Å². The summed E-state index contributed by atoms with van der Waals surface area (Å²) in [6.07, 6.45) is 0. The van der Waals surface area contributed by atoms with Crippen LogP contribution in [0, 0.1) is 10.1 Å². The quantitative estimate of drug-likeness (QED) is 0.582. The monoisotopic (exact) mass is 434 g/mol. The number of benzene rings is 2. The molecular formula is C12H8Br2N2O4S. The van der Waals surface area contributed by atoms with E-state index in [1.54, 1.807) is 18.2 Å². The Hall–Kier alpha value is -1.45. The molecule has 0 spiro atoms. The molecule has 0 saturated carbocycles. The average Bonchev–Trinajstić information content (AvgIpc) is 2.43. The van der Waals surface area contributed by atoms with Gasteiger partial charge in [-0.3, -0.25) is 14.8 Å². The van der Waals surface area contributed by atoms with Gasteiger partial charge >= 0.3 is 0 Å². The summed E-state index contributed by atoms with van der Waals surface area (Å²) in [6.45, 7) is 0. The maximum atomic E-state index is 12.2. The molecule has 0 amide bonds. The molecule has 110 valence electrons. The Labute approximate surface area is 137 Å². The Bertz CT molecular complexity index is 794. The van der Waals surface area contributed by atoms with Crippen molar-refractivity contribution in [2.24, 2.45) is 0 Å². The van der Waals surface area contributed by atoms with Gasteiger partial charge in [-0.1, -0.05) is 18.2 Å². The third-order valence-corrected chi connectivity index (χ3v) is 5.20. The van der Waals surface area contributed by atoms with Crippen LogP contribution < -0.4 is 4.72 Å². The van der Waals surface area contributed by atoms with Gasteiger partial charge in [-0.05, 0) is 50.1 Å². The molecule has 1 N–H and O–H groups in total. The maximum Gasteiger partial charge on any atom is 0.284 e. The average molecular weight is 436 g/mol. The lowest BCUT2D eigenvalue weighted by molar-refractivity contribution is -0.385. The SMILES string of the molecule is O=[N+]([O-])c1cc(Br)c(NS(=O)(=O)c2ccccc2)cc1Br. The highest BCUT2D eigenvalue weighted by Crippen LogP contribution is 2.35. The Balaban J connectivity index is 2.41. The van der Waals surface area contributed by atoms with Crippen molar-refractivity contribution in [3.63, 3.8) is 0 Å². The van der Waals surface area contributed by atoms with Crippen LogP contribution in [0.1, 0.15) is 0 Å². The number of anilines is 1. The lowest BCUT2D eigenvalue weighted by Gasteiger charge is -2.10. The molecule has 0 fully saturated rings. The zero-order valence-corrected chi connectivity index (χ0v) is 14.3. The summed E-state index contributed by atoms with van der Waals surface area (Å²) in [6, 6.07) is 10.4. The van der Waals surface area contributed by atoms with E-state index in [4.69, 9.17) is 0 Å². The second-order valence-corrected chi connectivity index (χ2v) is 7.35. The second-order valence-electron chi connectivity index (χ2n) is 3.96. The van der Waals surface area contributed by atoms with Crippen molar-refractivity contribution >= 4 is 53.3 Å². The van der Waals surface area contributed by atoms with E-state index < -0.39 is 14.9 Å². The van der Waals surface area contributed by atoms with Gasteiger partial charge in [0.15, 0.2) is 0 Å². The summed E-state index contributed by atoms with van der Waals surface area (Å²) in [5.41, 5.74) is 0.0425. The topological polar surface area (TPSA) is 89.3 Å². The van der Waals surface area contributed by atoms with E-state index in [-0.39, 0.29) is 25.2 Å². The first kappa shape index (κ1) is 15.9. The summed E-state index contributed by atoms with van der Waals surface area (Å²) in [7, 11) is -3.76. The number of rotatable bonds is 4. The van der Waals surface area contributed by atoms with Crippen LogP contribution in [0.15, 0.2) is 56.3 Å². The minimum atomic E-state index is -3.76. The number of hydrogen-bond donors (Lipinski definition) is 1. The van der Waals surface area contributed by atoms with Crippen LogP contribution in [0.2, 0.25) is 0 Å². The first-order chi connectivity index (χ1) is 9.81. The lowest BCUT2D eigenvalue weighted by Crippen LogP contribution is -2.13. The highest BCUT2D eigenvalue weighted by atomic mass is 79.9. The summed E-state index contributed by atoms with van der Waals surface area (Å²) >= 11 is 6.17. The van der Waals surface area contributed by atoms with Gasteiger partial charge in [0.2, 0.25) is 0 Å². The molecule has 0 radical (unpaired) electrons. The summed E-state index contributed by atoms with van der Waals surface area (Å²) in [5.74, 6) is 0. The number of nitro groups is 1. The minimum absolute atomic E-state index is 0.103. The molecule has 21 heavy (non-hydrogen) atoms. The van der Waals surface area contributed by atoms with Crippen molar-refractivity contribution in [1.29, 1.82) is 0 Å². The molecule has 2 aromatic rings.